The summed E-state index contributed by atoms with van der Waals surface area (Å²) >= 11 is 5.92. The summed E-state index contributed by atoms with van der Waals surface area (Å²) in [4.78, 5) is 0. The molecule has 1 unspecified atom stereocenters. The average molecular weight is 290 g/mol. The average Bonchev–Trinajstić information content (AvgIpc) is 2.47. The van der Waals surface area contributed by atoms with Crippen LogP contribution < -0.4 is 10.1 Å². The van der Waals surface area contributed by atoms with Crippen LogP contribution >= 0.6 is 11.6 Å². The normalized spacial score (nSPS) is 13.8. The molecule has 0 saturated carbocycles. The zero-order chi connectivity index (χ0) is 14.5. The molecule has 0 aliphatic rings. The molecule has 0 aliphatic carbocycles. The molecule has 0 heterocycles. The summed E-state index contributed by atoms with van der Waals surface area (Å²) in [6.07, 6.45) is 0. The van der Waals surface area contributed by atoms with Crippen molar-refractivity contribution in [1.29, 1.82) is 0 Å². The molecule has 0 amide bonds. The van der Waals surface area contributed by atoms with Crippen LogP contribution in [0.5, 0.6) is 5.75 Å². The molecule has 0 spiro atoms. The molecule has 2 aromatic rings. The van der Waals surface area contributed by atoms with Gasteiger partial charge in [-0.15, -0.1) is 0 Å². The first-order valence-electron chi connectivity index (χ1n) is 6.75. The van der Waals surface area contributed by atoms with Gasteiger partial charge in [0.25, 0.3) is 0 Å². The van der Waals surface area contributed by atoms with Crippen LogP contribution in [-0.4, -0.2) is 7.11 Å². The summed E-state index contributed by atoms with van der Waals surface area (Å²) in [5, 5.41) is 4.35. The van der Waals surface area contributed by atoms with Crippen LogP contribution in [0.3, 0.4) is 0 Å². The third-order valence-corrected chi connectivity index (χ3v) is 3.72. The number of rotatable bonds is 5. The first-order chi connectivity index (χ1) is 9.60. The third-order valence-electron chi connectivity index (χ3n) is 3.46. The minimum Gasteiger partial charge on any atom is -0.497 e. The third kappa shape index (κ3) is 3.75. The summed E-state index contributed by atoms with van der Waals surface area (Å²) in [6.45, 7) is 4.31. The highest BCUT2D eigenvalue weighted by molar-refractivity contribution is 6.30. The number of ether oxygens (including phenoxy) is 1. The summed E-state index contributed by atoms with van der Waals surface area (Å²) in [6, 6.07) is 16.6. The van der Waals surface area contributed by atoms with E-state index in [4.69, 9.17) is 16.3 Å². The van der Waals surface area contributed by atoms with Crippen LogP contribution in [0.25, 0.3) is 0 Å². The van der Waals surface area contributed by atoms with Crippen molar-refractivity contribution in [3.05, 3.63) is 64.7 Å². The number of nitrogens with one attached hydrogen (secondary N) is 1. The van der Waals surface area contributed by atoms with E-state index in [0.717, 1.165) is 10.8 Å². The van der Waals surface area contributed by atoms with Crippen molar-refractivity contribution in [2.75, 3.05) is 7.11 Å². The van der Waals surface area contributed by atoms with E-state index >= 15 is 0 Å². The van der Waals surface area contributed by atoms with Gasteiger partial charge < -0.3 is 10.1 Å². The standard InChI is InChI=1S/C17H20ClNO/c1-12(14-7-9-16(18)10-8-14)19-13(2)15-5-4-6-17(11-15)20-3/h4-13,19H,1-3H3/t12?,13-/m1/s1. The minimum absolute atomic E-state index is 0.246. The Labute approximate surface area is 125 Å². The van der Waals surface area contributed by atoms with Crippen molar-refractivity contribution < 1.29 is 4.74 Å². The molecule has 2 atom stereocenters. The van der Waals surface area contributed by atoms with Crippen molar-refractivity contribution in [2.45, 2.75) is 25.9 Å². The lowest BCUT2D eigenvalue weighted by Crippen LogP contribution is -2.22. The lowest BCUT2D eigenvalue weighted by Gasteiger charge is -2.21. The maximum atomic E-state index is 5.92. The van der Waals surface area contributed by atoms with Gasteiger partial charge in [0.15, 0.2) is 0 Å². The van der Waals surface area contributed by atoms with Crippen LogP contribution in [0.15, 0.2) is 48.5 Å². The van der Waals surface area contributed by atoms with Crippen molar-refractivity contribution in [3.63, 3.8) is 0 Å². The fourth-order valence-corrected chi connectivity index (χ4v) is 2.36. The summed E-state index contributed by atoms with van der Waals surface area (Å²) < 4.78 is 5.27. The van der Waals surface area contributed by atoms with Crippen LogP contribution in [0, 0.1) is 0 Å². The first kappa shape index (κ1) is 14.9. The van der Waals surface area contributed by atoms with Crippen LogP contribution in [-0.2, 0) is 0 Å². The molecule has 0 fully saturated rings. The fraction of sp³-hybridized carbons (Fsp3) is 0.294. The number of hydrogen-bond acceptors (Lipinski definition) is 2. The van der Waals surface area contributed by atoms with Gasteiger partial charge >= 0.3 is 0 Å². The number of halogens is 1. The van der Waals surface area contributed by atoms with E-state index in [0.29, 0.717) is 0 Å². The molecule has 2 aromatic carbocycles. The van der Waals surface area contributed by atoms with Gasteiger partial charge in [0, 0.05) is 17.1 Å². The predicted molar refractivity (Wildman–Crippen MR) is 84.4 cm³/mol. The Balaban J connectivity index is 2.06. The second kappa shape index (κ2) is 6.78. The molecule has 0 aliphatic heterocycles. The quantitative estimate of drug-likeness (QED) is 0.857. The van der Waals surface area contributed by atoms with Gasteiger partial charge in [0.05, 0.1) is 7.11 Å². The van der Waals surface area contributed by atoms with E-state index in [1.165, 1.54) is 11.1 Å². The molecule has 20 heavy (non-hydrogen) atoms. The molecule has 0 aromatic heterocycles. The topological polar surface area (TPSA) is 21.3 Å². The van der Waals surface area contributed by atoms with Gasteiger partial charge in [-0.1, -0.05) is 35.9 Å². The minimum atomic E-state index is 0.246. The van der Waals surface area contributed by atoms with E-state index < -0.39 is 0 Å². The summed E-state index contributed by atoms with van der Waals surface area (Å²) in [5.74, 6) is 0.885. The second-order valence-corrected chi connectivity index (χ2v) is 5.37. The Kier molecular flexibility index (Phi) is 5.05. The molecule has 0 radical (unpaired) electrons. The van der Waals surface area contributed by atoms with Gasteiger partial charge in [-0.3, -0.25) is 0 Å². The number of methoxy groups -OCH3 is 1. The molecule has 3 heteroatoms. The predicted octanol–water partition coefficient (Wildman–Crippen LogP) is 4.76. The van der Waals surface area contributed by atoms with E-state index in [1.54, 1.807) is 7.11 Å². The Morgan fingerprint density at radius 1 is 0.950 bits per heavy atom. The first-order valence-corrected chi connectivity index (χ1v) is 7.13. The maximum Gasteiger partial charge on any atom is 0.119 e. The Bertz CT molecular complexity index is 553. The zero-order valence-corrected chi connectivity index (χ0v) is 12.8. The van der Waals surface area contributed by atoms with Crippen molar-refractivity contribution >= 4 is 11.6 Å². The summed E-state index contributed by atoms with van der Waals surface area (Å²) in [7, 11) is 1.69. The molecule has 1 N–H and O–H groups in total. The molecule has 106 valence electrons. The van der Waals surface area contributed by atoms with E-state index in [-0.39, 0.29) is 12.1 Å². The Morgan fingerprint density at radius 3 is 2.25 bits per heavy atom. The Morgan fingerprint density at radius 2 is 1.60 bits per heavy atom. The zero-order valence-electron chi connectivity index (χ0n) is 12.1. The molecule has 0 bridgehead atoms. The number of benzene rings is 2. The highest BCUT2D eigenvalue weighted by atomic mass is 35.5. The van der Waals surface area contributed by atoms with Gasteiger partial charge in [0.2, 0.25) is 0 Å². The lowest BCUT2D eigenvalue weighted by molar-refractivity contribution is 0.412. The molecule has 2 nitrogen and oxygen atoms in total. The van der Waals surface area contributed by atoms with E-state index in [9.17, 15) is 0 Å². The van der Waals surface area contributed by atoms with Crippen molar-refractivity contribution in [1.82, 2.24) is 5.32 Å². The molecular formula is C17H20ClNO. The maximum absolute atomic E-state index is 5.92. The van der Waals surface area contributed by atoms with E-state index in [2.05, 4.69) is 43.4 Å². The molecule has 2 rings (SSSR count). The van der Waals surface area contributed by atoms with Gasteiger partial charge in [0.1, 0.15) is 5.75 Å². The van der Waals surface area contributed by atoms with Crippen LogP contribution in [0.4, 0.5) is 0 Å². The smallest absolute Gasteiger partial charge is 0.119 e. The van der Waals surface area contributed by atoms with E-state index in [1.807, 2.05) is 24.3 Å². The largest absolute Gasteiger partial charge is 0.497 e. The van der Waals surface area contributed by atoms with Crippen LogP contribution in [0.1, 0.15) is 37.1 Å². The monoisotopic (exact) mass is 289 g/mol. The number of hydrogen-bond donors (Lipinski definition) is 1. The van der Waals surface area contributed by atoms with Gasteiger partial charge in [-0.2, -0.15) is 0 Å². The lowest BCUT2D eigenvalue weighted by atomic mass is 10.0. The second-order valence-electron chi connectivity index (χ2n) is 4.94. The molecule has 0 saturated heterocycles. The van der Waals surface area contributed by atoms with Crippen molar-refractivity contribution in [3.8, 4) is 5.75 Å². The SMILES string of the molecule is COc1cccc([C@@H](C)NC(C)c2ccc(Cl)cc2)c1. The highest BCUT2D eigenvalue weighted by Gasteiger charge is 2.11. The fourth-order valence-electron chi connectivity index (χ4n) is 2.23. The van der Waals surface area contributed by atoms with Gasteiger partial charge in [-0.05, 0) is 49.2 Å². The summed E-state index contributed by atoms with van der Waals surface area (Å²) in [5.41, 5.74) is 2.44. The van der Waals surface area contributed by atoms with Crippen molar-refractivity contribution in [2.24, 2.45) is 0 Å². The highest BCUT2D eigenvalue weighted by Crippen LogP contribution is 2.23. The van der Waals surface area contributed by atoms with Gasteiger partial charge in [-0.25, -0.2) is 0 Å². The Hall–Kier alpha value is -1.51. The molecular weight excluding hydrogens is 270 g/mol. The van der Waals surface area contributed by atoms with Crippen LogP contribution in [0.2, 0.25) is 5.02 Å².